The van der Waals surface area contributed by atoms with Gasteiger partial charge in [0, 0.05) is 11.3 Å². The van der Waals surface area contributed by atoms with Crippen LogP contribution in [0.5, 0.6) is 0 Å². The SMILES string of the molecule is CNCCc1c(C)[nH]n(-c2ccc(C)cc2C)c1=O. The smallest absolute Gasteiger partial charge is 0.274 e. The van der Waals surface area contributed by atoms with Gasteiger partial charge in [-0.25, -0.2) is 4.68 Å². The second-order valence-corrected chi connectivity index (χ2v) is 5.00. The lowest BCUT2D eigenvalue weighted by atomic mass is 10.1. The Balaban J connectivity index is 2.49. The average Bonchev–Trinajstić information content (AvgIpc) is 2.63. The molecule has 0 aliphatic heterocycles. The summed E-state index contributed by atoms with van der Waals surface area (Å²) in [6, 6.07) is 6.10. The summed E-state index contributed by atoms with van der Waals surface area (Å²) in [6.45, 7) is 6.84. The Labute approximate surface area is 113 Å². The summed E-state index contributed by atoms with van der Waals surface area (Å²) >= 11 is 0. The van der Waals surface area contributed by atoms with E-state index >= 15 is 0 Å². The molecule has 0 aliphatic carbocycles. The highest BCUT2D eigenvalue weighted by atomic mass is 16.1. The van der Waals surface area contributed by atoms with Gasteiger partial charge in [-0.3, -0.25) is 9.89 Å². The minimum absolute atomic E-state index is 0.0553. The third-order valence-corrected chi connectivity index (χ3v) is 3.41. The van der Waals surface area contributed by atoms with Gasteiger partial charge in [0.15, 0.2) is 0 Å². The number of rotatable bonds is 4. The first-order valence-corrected chi connectivity index (χ1v) is 6.57. The maximum atomic E-state index is 12.4. The van der Waals surface area contributed by atoms with E-state index in [0.29, 0.717) is 0 Å². The van der Waals surface area contributed by atoms with E-state index in [-0.39, 0.29) is 5.56 Å². The first-order chi connectivity index (χ1) is 9.04. The summed E-state index contributed by atoms with van der Waals surface area (Å²) in [5.74, 6) is 0. The van der Waals surface area contributed by atoms with Gasteiger partial charge < -0.3 is 5.32 Å². The van der Waals surface area contributed by atoms with Crippen LogP contribution < -0.4 is 10.9 Å². The van der Waals surface area contributed by atoms with E-state index in [4.69, 9.17) is 0 Å². The number of aryl methyl sites for hydroxylation is 3. The second-order valence-electron chi connectivity index (χ2n) is 5.00. The molecule has 0 radical (unpaired) electrons. The van der Waals surface area contributed by atoms with Crippen LogP contribution >= 0.6 is 0 Å². The molecule has 2 aromatic rings. The number of H-pyrrole nitrogens is 1. The zero-order valence-corrected chi connectivity index (χ0v) is 12.0. The van der Waals surface area contributed by atoms with E-state index in [1.807, 2.05) is 33.0 Å². The standard InChI is InChI=1S/C15H21N3O/c1-10-5-6-14(11(2)9-10)18-15(19)13(7-8-16-4)12(3)17-18/h5-6,9,16-17H,7-8H2,1-4H3. The molecular formula is C15H21N3O. The van der Waals surface area contributed by atoms with Crippen molar-refractivity contribution in [1.29, 1.82) is 0 Å². The van der Waals surface area contributed by atoms with Crippen LogP contribution in [0.2, 0.25) is 0 Å². The lowest BCUT2D eigenvalue weighted by Crippen LogP contribution is -2.21. The molecule has 1 aromatic heterocycles. The maximum absolute atomic E-state index is 12.4. The number of benzene rings is 1. The van der Waals surface area contributed by atoms with Gasteiger partial charge in [0.1, 0.15) is 0 Å². The summed E-state index contributed by atoms with van der Waals surface area (Å²) in [7, 11) is 1.89. The Kier molecular flexibility index (Phi) is 3.90. The molecule has 2 N–H and O–H groups in total. The van der Waals surface area contributed by atoms with Crippen LogP contribution in [0.4, 0.5) is 0 Å². The third kappa shape index (κ3) is 2.63. The first kappa shape index (κ1) is 13.6. The Hall–Kier alpha value is -1.81. The normalized spacial score (nSPS) is 10.9. The van der Waals surface area contributed by atoms with Crippen molar-refractivity contribution < 1.29 is 0 Å². The summed E-state index contributed by atoms with van der Waals surface area (Å²) in [5.41, 5.74) is 5.08. The van der Waals surface area contributed by atoms with E-state index in [1.54, 1.807) is 4.68 Å². The van der Waals surface area contributed by atoms with Crippen molar-refractivity contribution in [3.05, 3.63) is 50.9 Å². The average molecular weight is 259 g/mol. The fraction of sp³-hybridized carbons (Fsp3) is 0.400. The largest absolute Gasteiger partial charge is 0.319 e. The van der Waals surface area contributed by atoms with Gasteiger partial charge >= 0.3 is 0 Å². The lowest BCUT2D eigenvalue weighted by molar-refractivity contribution is 0.783. The van der Waals surface area contributed by atoms with Crippen molar-refractivity contribution >= 4 is 0 Å². The molecule has 1 aromatic carbocycles. The number of hydrogen-bond donors (Lipinski definition) is 2. The highest BCUT2D eigenvalue weighted by Crippen LogP contribution is 2.14. The van der Waals surface area contributed by atoms with Gasteiger partial charge in [0.25, 0.3) is 5.56 Å². The molecule has 4 heteroatoms. The van der Waals surface area contributed by atoms with Gasteiger partial charge in [-0.1, -0.05) is 17.7 Å². The first-order valence-electron chi connectivity index (χ1n) is 6.57. The number of nitrogens with zero attached hydrogens (tertiary/aromatic N) is 1. The molecule has 19 heavy (non-hydrogen) atoms. The van der Waals surface area contributed by atoms with Gasteiger partial charge in [0.05, 0.1) is 5.69 Å². The molecule has 0 aliphatic rings. The molecule has 0 atom stereocenters. The minimum Gasteiger partial charge on any atom is -0.319 e. The molecule has 102 valence electrons. The van der Waals surface area contributed by atoms with Gasteiger partial charge in [-0.15, -0.1) is 0 Å². The van der Waals surface area contributed by atoms with E-state index in [9.17, 15) is 4.79 Å². The number of aromatic nitrogens is 2. The molecule has 1 heterocycles. The fourth-order valence-electron chi connectivity index (χ4n) is 2.35. The van der Waals surface area contributed by atoms with Crippen LogP contribution in [-0.2, 0) is 6.42 Å². The zero-order valence-electron chi connectivity index (χ0n) is 12.0. The van der Waals surface area contributed by atoms with E-state index in [0.717, 1.165) is 35.5 Å². The van der Waals surface area contributed by atoms with Crippen LogP contribution in [0.1, 0.15) is 22.4 Å². The summed E-state index contributed by atoms with van der Waals surface area (Å²) < 4.78 is 1.65. The third-order valence-electron chi connectivity index (χ3n) is 3.41. The topological polar surface area (TPSA) is 49.8 Å². The molecule has 0 spiro atoms. The molecule has 2 rings (SSSR count). The van der Waals surface area contributed by atoms with Crippen LogP contribution in [0.15, 0.2) is 23.0 Å². The van der Waals surface area contributed by atoms with Crippen LogP contribution in [-0.4, -0.2) is 23.4 Å². The van der Waals surface area contributed by atoms with Crippen LogP contribution in [0.25, 0.3) is 5.69 Å². The van der Waals surface area contributed by atoms with Gasteiger partial charge in [-0.05, 0) is 52.4 Å². The molecule has 0 unspecified atom stereocenters. The molecule has 0 saturated carbocycles. The highest BCUT2D eigenvalue weighted by molar-refractivity contribution is 5.42. The molecule has 0 fully saturated rings. The Morgan fingerprint density at radius 2 is 2.00 bits per heavy atom. The number of hydrogen-bond acceptors (Lipinski definition) is 2. The van der Waals surface area contributed by atoms with Crippen LogP contribution in [0, 0.1) is 20.8 Å². The van der Waals surface area contributed by atoms with Crippen molar-refractivity contribution in [2.45, 2.75) is 27.2 Å². The molecule has 0 saturated heterocycles. The van der Waals surface area contributed by atoms with E-state index in [1.165, 1.54) is 5.56 Å². The van der Waals surface area contributed by atoms with Crippen molar-refractivity contribution in [3.63, 3.8) is 0 Å². The predicted molar refractivity (Wildman–Crippen MR) is 78.2 cm³/mol. The van der Waals surface area contributed by atoms with E-state index in [2.05, 4.69) is 23.4 Å². The van der Waals surface area contributed by atoms with Crippen molar-refractivity contribution in [2.75, 3.05) is 13.6 Å². The lowest BCUT2D eigenvalue weighted by Gasteiger charge is -2.06. The van der Waals surface area contributed by atoms with Crippen LogP contribution in [0.3, 0.4) is 0 Å². The number of nitrogens with one attached hydrogen (secondary N) is 2. The molecule has 0 amide bonds. The van der Waals surface area contributed by atoms with Crippen molar-refractivity contribution in [1.82, 2.24) is 15.1 Å². The summed E-state index contributed by atoms with van der Waals surface area (Å²) in [4.78, 5) is 12.4. The van der Waals surface area contributed by atoms with Crippen molar-refractivity contribution in [2.24, 2.45) is 0 Å². The monoisotopic (exact) mass is 259 g/mol. The quantitative estimate of drug-likeness (QED) is 0.880. The Morgan fingerprint density at radius 1 is 1.26 bits per heavy atom. The van der Waals surface area contributed by atoms with Gasteiger partial charge in [0.2, 0.25) is 0 Å². The van der Waals surface area contributed by atoms with Crippen molar-refractivity contribution in [3.8, 4) is 5.69 Å². The maximum Gasteiger partial charge on any atom is 0.274 e. The van der Waals surface area contributed by atoms with Gasteiger partial charge in [-0.2, -0.15) is 0 Å². The Bertz CT molecular complexity index is 637. The molecule has 4 nitrogen and oxygen atoms in total. The summed E-state index contributed by atoms with van der Waals surface area (Å²) in [5, 5.41) is 6.25. The highest BCUT2D eigenvalue weighted by Gasteiger charge is 2.13. The fourth-order valence-corrected chi connectivity index (χ4v) is 2.35. The minimum atomic E-state index is 0.0553. The second kappa shape index (κ2) is 5.45. The Morgan fingerprint density at radius 3 is 2.63 bits per heavy atom. The number of likely N-dealkylation sites (N-methyl/N-ethyl adjacent to an activating group) is 1. The predicted octanol–water partition coefficient (Wildman–Crippen LogP) is 1.85. The summed E-state index contributed by atoms with van der Waals surface area (Å²) in [6.07, 6.45) is 0.746. The van der Waals surface area contributed by atoms with E-state index < -0.39 is 0 Å². The molecule has 0 bridgehead atoms. The number of aromatic amines is 1. The zero-order chi connectivity index (χ0) is 14.0. The molecular weight excluding hydrogens is 238 g/mol.